The molecule has 76 valence electrons. The standard InChI is InChI=1S/C11H13Cl2N/c1-11(2)8(6-14-11)7-3-4-9(12)10(13)5-7/h3-5,8,14H,6H2,1-2H3. The van der Waals surface area contributed by atoms with E-state index in [4.69, 9.17) is 23.2 Å². The molecule has 1 fully saturated rings. The molecular weight excluding hydrogens is 217 g/mol. The average molecular weight is 230 g/mol. The van der Waals surface area contributed by atoms with Gasteiger partial charge in [0.15, 0.2) is 0 Å². The van der Waals surface area contributed by atoms with Crippen molar-refractivity contribution in [1.82, 2.24) is 5.32 Å². The summed E-state index contributed by atoms with van der Waals surface area (Å²) in [5.74, 6) is 0.539. The second-order valence-electron chi connectivity index (χ2n) is 4.33. The Hall–Kier alpha value is -0.240. The molecule has 1 heterocycles. The Labute approximate surface area is 94.4 Å². The minimum Gasteiger partial charge on any atom is -0.310 e. The van der Waals surface area contributed by atoms with Gasteiger partial charge in [0, 0.05) is 18.0 Å². The minimum absolute atomic E-state index is 0.178. The highest BCUT2D eigenvalue weighted by atomic mass is 35.5. The molecule has 3 heteroatoms. The lowest BCUT2D eigenvalue weighted by Crippen LogP contribution is -2.59. The summed E-state index contributed by atoms with van der Waals surface area (Å²) in [5, 5.41) is 4.66. The fraction of sp³-hybridized carbons (Fsp3) is 0.455. The number of halogens is 2. The monoisotopic (exact) mass is 229 g/mol. The first kappa shape index (κ1) is 10.3. The van der Waals surface area contributed by atoms with Crippen molar-refractivity contribution in [2.75, 3.05) is 6.54 Å². The van der Waals surface area contributed by atoms with Crippen molar-refractivity contribution in [1.29, 1.82) is 0 Å². The van der Waals surface area contributed by atoms with Crippen molar-refractivity contribution in [3.05, 3.63) is 33.8 Å². The van der Waals surface area contributed by atoms with Gasteiger partial charge in [-0.05, 0) is 31.5 Å². The van der Waals surface area contributed by atoms with Gasteiger partial charge in [0.1, 0.15) is 0 Å². The van der Waals surface area contributed by atoms with Gasteiger partial charge in [-0.3, -0.25) is 0 Å². The van der Waals surface area contributed by atoms with Crippen molar-refractivity contribution in [2.24, 2.45) is 0 Å². The van der Waals surface area contributed by atoms with Gasteiger partial charge in [0.25, 0.3) is 0 Å². The minimum atomic E-state index is 0.178. The van der Waals surface area contributed by atoms with Crippen LogP contribution in [0.15, 0.2) is 18.2 Å². The lowest BCUT2D eigenvalue weighted by Gasteiger charge is -2.46. The zero-order chi connectivity index (χ0) is 10.3. The van der Waals surface area contributed by atoms with E-state index in [1.807, 2.05) is 12.1 Å². The average Bonchev–Trinajstić information content (AvgIpc) is 2.10. The molecule has 0 aliphatic carbocycles. The highest BCUT2D eigenvalue weighted by Crippen LogP contribution is 2.36. The zero-order valence-electron chi connectivity index (χ0n) is 8.27. The maximum absolute atomic E-state index is 5.98. The van der Waals surface area contributed by atoms with E-state index in [9.17, 15) is 0 Å². The fourth-order valence-corrected chi connectivity index (χ4v) is 2.18. The van der Waals surface area contributed by atoms with E-state index in [0.29, 0.717) is 16.0 Å². The summed E-state index contributed by atoms with van der Waals surface area (Å²) >= 11 is 11.8. The Morgan fingerprint density at radius 3 is 2.43 bits per heavy atom. The molecular formula is C11H13Cl2N. The second kappa shape index (κ2) is 3.41. The molecule has 0 saturated carbocycles. The number of hydrogen-bond donors (Lipinski definition) is 1. The largest absolute Gasteiger partial charge is 0.310 e. The summed E-state index contributed by atoms with van der Waals surface area (Å²) in [6.45, 7) is 5.41. The molecule has 0 aromatic heterocycles. The third kappa shape index (κ3) is 1.65. The van der Waals surface area contributed by atoms with E-state index in [1.165, 1.54) is 5.56 Å². The van der Waals surface area contributed by atoms with Crippen LogP contribution in [0.5, 0.6) is 0 Å². The molecule has 1 atom stereocenters. The van der Waals surface area contributed by atoms with Crippen LogP contribution in [-0.4, -0.2) is 12.1 Å². The third-order valence-corrected chi connectivity index (χ3v) is 3.72. The normalized spacial score (nSPS) is 24.4. The molecule has 0 spiro atoms. The Morgan fingerprint density at radius 1 is 1.29 bits per heavy atom. The van der Waals surface area contributed by atoms with Gasteiger partial charge in [0.2, 0.25) is 0 Å². The molecule has 0 amide bonds. The van der Waals surface area contributed by atoms with Crippen molar-refractivity contribution in [3.8, 4) is 0 Å². The van der Waals surface area contributed by atoms with Gasteiger partial charge in [-0.1, -0.05) is 29.3 Å². The summed E-state index contributed by atoms with van der Waals surface area (Å²) in [7, 11) is 0. The molecule has 0 bridgehead atoms. The number of hydrogen-bond acceptors (Lipinski definition) is 1. The van der Waals surface area contributed by atoms with Crippen molar-refractivity contribution >= 4 is 23.2 Å². The number of nitrogens with one attached hydrogen (secondary N) is 1. The van der Waals surface area contributed by atoms with Crippen LogP contribution in [0.25, 0.3) is 0 Å². The van der Waals surface area contributed by atoms with Crippen molar-refractivity contribution in [2.45, 2.75) is 25.3 Å². The summed E-state index contributed by atoms with van der Waals surface area (Å²) in [4.78, 5) is 0. The molecule has 1 unspecified atom stereocenters. The molecule has 1 saturated heterocycles. The van der Waals surface area contributed by atoms with E-state index in [1.54, 1.807) is 0 Å². The molecule has 1 aliphatic rings. The van der Waals surface area contributed by atoms with E-state index >= 15 is 0 Å². The third-order valence-electron chi connectivity index (χ3n) is 2.98. The summed E-state index contributed by atoms with van der Waals surface area (Å²) < 4.78 is 0. The number of rotatable bonds is 1. The Kier molecular flexibility index (Phi) is 2.50. The molecule has 1 N–H and O–H groups in total. The molecule has 1 aromatic carbocycles. The predicted octanol–water partition coefficient (Wildman–Crippen LogP) is 3.46. The number of benzene rings is 1. The zero-order valence-corrected chi connectivity index (χ0v) is 9.78. The van der Waals surface area contributed by atoms with E-state index in [-0.39, 0.29) is 5.54 Å². The second-order valence-corrected chi connectivity index (χ2v) is 5.14. The van der Waals surface area contributed by atoms with Gasteiger partial charge in [0.05, 0.1) is 10.0 Å². The van der Waals surface area contributed by atoms with Gasteiger partial charge in [-0.15, -0.1) is 0 Å². The SMILES string of the molecule is CC1(C)NCC1c1ccc(Cl)c(Cl)c1. The summed E-state index contributed by atoms with van der Waals surface area (Å²) in [6.07, 6.45) is 0. The van der Waals surface area contributed by atoms with Gasteiger partial charge in [-0.25, -0.2) is 0 Å². The highest BCUT2D eigenvalue weighted by Gasteiger charge is 2.38. The molecule has 1 nitrogen and oxygen atoms in total. The summed E-state index contributed by atoms with van der Waals surface area (Å²) in [5.41, 5.74) is 1.44. The predicted molar refractivity (Wildman–Crippen MR) is 61.3 cm³/mol. The van der Waals surface area contributed by atoms with E-state index in [2.05, 4.69) is 25.2 Å². The van der Waals surface area contributed by atoms with Crippen LogP contribution in [0.4, 0.5) is 0 Å². The molecule has 14 heavy (non-hydrogen) atoms. The molecule has 2 rings (SSSR count). The summed E-state index contributed by atoms with van der Waals surface area (Å²) in [6, 6.07) is 5.90. The Bertz CT molecular complexity index is 360. The van der Waals surface area contributed by atoms with E-state index in [0.717, 1.165) is 6.54 Å². The maximum Gasteiger partial charge on any atom is 0.0595 e. The lowest BCUT2D eigenvalue weighted by atomic mass is 9.75. The van der Waals surface area contributed by atoms with Gasteiger partial charge < -0.3 is 5.32 Å². The molecule has 0 radical (unpaired) electrons. The van der Waals surface area contributed by atoms with Gasteiger partial charge in [-0.2, -0.15) is 0 Å². The van der Waals surface area contributed by atoms with Crippen LogP contribution in [0.2, 0.25) is 10.0 Å². The van der Waals surface area contributed by atoms with Crippen LogP contribution in [-0.2, 0) is 0 Å². The Balaban J connectivity index is 2.30. The smallest absolute Gasteiger partial charge is 0.0595 e. The van der Waals surface area contributed by atoms with Crippen molar-refractivity contribution in [3.63, 3.8) is 0 Å². The highest BCUT2D eigenvalue weighted by molar-refractivity contribution is 6.42. The molecule has 1 aromatic rings. The topological polar surface area (TPSA) is 12.0 Å². The first-order valence-corrected chi connectivity index (χ1v) is 5.46. The quantitative estimate of drug-likeness (QED) is 0.778. The maximum atomic E-state index is 5.98. The molecule has 1 aliphatic heterocycles. The first-order chi connectivity index (χ1) is 6.50. The van der Waals surface area contributed by atoms with Crippen LogP contribution in [0, 0.1) is 0 Å². The van der Waals surface area contributed by atoms with E-state index < -0.39 is 0 Å². The van der Waals surface area contributed by atoms with Crippen molar-refractivity contribution < 1.29 is 0 Å². The van der Waals surface area contributed by atoms with Crippen LogP contribution >= 0.6 is 23.2 Å². The fourth-order valence-electron chi connectivity index (χ4n) is 1.88. The first-order valence-electron chi connectivity index (χ1n) is 4.71. The lowest BCUT2D eigenvalue weighted by molar-refractivity contribution is 0.208. The van der Waals surface area contributed by atoms with Crippen LogP contribution in [0.3, 0.4) is 0 Å². The van der Waals surface area contributed by atoms with Gasteiger partial charge >= 0.3 is 0 Å². The van der Waals surface area contributed by atoms with Crippen LogP contribution in [0.1, 0.15) is 25.3 Å². The van der Waals surface area contributed by atoms with Crippen LogP contribution < -0.4 is 5.32 Å². The Morgan fingerprint density at radius 2 is 2.00 bits per heavy atom.